The van der Waals surface area contributed by atoms with Crippen LogP contribution in [0.15, 0.2) is 84.9 Å². The minimum atomic E-state index is -1.13. The molecule has 0 N–H and O–H groups in total. The standard InChI is InChI=1S/C10H14.2C7H6O2.Ru/c1-8(2)10-6-4-9(3)5-7-10;2*8-7(9)6-4-2-1-3-5-6;/h4-8H,1-3H3;2*1-5H,(H,8,9);/q;;;+2/p-2. The van der Waals surface area contributed by atoms with E-state index in [0.29, 0.717) is 5.92 Å². The second-order valence-corrected chi connectivity index (χ2v) is 6.37. The first-order valence-corrected chi connectivity index (χ1v) is 8.90. The van der Waals surface area contributed by atoms with E-state index in [1.807, 2.05) is 0 Å². The van der Waals surface area contributed by atoms with Crippen LogP contribution in [0, 0.1) is 6.92 Å². The van der Waals surface area contributed by atoms with E-state index < -0.39 is 11.9 Å². The summed E-state index contributed by atoms with van der Waals surface area (Å²) < 4.78 is 0. The Morgan fingerprint density at radius 3 is 1.24 bits per heavy atom. The number of carboxylic acids is 2. The molecule has 0 bridgehead atoms. The third-order valence-corrected chi connectivity index (χ3v) is 3.76. The van der Waals surface area contributed by atoms with Crippen molar-refractivity contribution in [3.8, 4) is 0 Å². The number of benzene rings is 3. The first-order valence-electron chi connectivity index (χ1n) is 8.90. The molecule has 3 rings (SSSR count). The molecule has 0 saturated carbocycles. The third-order valence-electron chi connectivity index (χ3n) is 3.76. The van der Waals surface area contributed by atoms with Crippen molar-refractivity contribution in [3.63, 3.8) is 0 Å². The maximum atomic E-state index is 10.1. The van der Waals surface area contributed by atoms with E-state index in [9.17, 15) is 19.8 Å². The van der Waals surface area contributed by atoms with Crippen molar-refractivity contribution in [1.29, 1.82) is 0 Å². The second kappa shape index (κ2) is 14.3. The van der Waals surface area contributed by atoms with Gasteiger partial charge in [0.1, 0.15) is 0 Å². The normalized spacial score (nSPS) is 9.10. The van der Waals surface area contributed by atoms with Gasteiger partial charge >= 0.3 is 19.5 Å². The molecule has 0 aromatic heterocycles. The maximum absolute atomic E-state index is 10.1. The first kappa shape index (κ1) is 26.2. The summed E-state index contributed by atoms with van der Waals surface area (Å²) in [5, 5.41) is 20.2. The molecule has 0 fully saturated rings. The van der Waals surface area contributed by atoms with Crippen LogP contribution in [0.25, 0.3) is 0 Å². The van der Waals surface area contributed by atoms with Crippen molar-refractivity contribution >= 4 is 11.9 Å². The van der Waals surface area contributed by atoms with Crippen molar-refractivity contribution in [2.24, 2.45) is 0 Å². The van der Waals surface area contributed by atoms with Crippen molar-refractivity contribution in [1.82, 2.24) is 0 Å². The van der Waals surface area contributed by atoms with Gasteiger partial charge in [0.25, 0.3) is 0 Å². The monoisotopic (exact) mass is 478 g/mol. The smallest absolute Gasteiger partial charge is 0.545 e. The molecule has 0 amide bonds. The molecule has 0 saturated heterocycles. The maximum Gasteiger partial charge on any atom is 2.00 e. The van der Waals surface area contributed by atoms with Crippen LogP contribution in [0.2, 0.25) is 0 Å². The van der Waals surface area contributed by atoms with Gasteiger partial charge in [0, 0.05) is 0 Å². The molecule has 0 aliphatic rings. The molecule has 0 heterocycles. The van der Waals surface area contributed by atoms with Crippen molar-refractivity contribution in [2.75, 3.05) is 0 Å². The van der Waals surface area contributed by atoms with Gasteiger partial charge in [-0.25, -0.2) is 0 Å². The zero-order chi connectivity index (χ0) is 20.9. The van der Waals surface area contributed by atoms with Gasteiger partial charge in [-0.1, -0.05) is 104 Å². The van der Waals surface area contributed by atoms with E-state index in [0.717, 1.165) is 0 Å². The van der Waals surface area contributed by atoms with E-state index in [1.54, 1.807) is 36.4 Å². The van der Waals surface area contributed by atoms with Gasteiger partial charge in [-0.15, -0.1) is 0 Å². The van der Waals surface area contributed by atoms with Gasteiger partial charge in [-0.05, 0) is 29.5 Å². The third kappa shape index (κ3) is 11.0. The Morgan fingerprint density at radius 2 is 1.00 bits per heavy atom. The number of aromatic carboxylic acids is 2. The number of rotatable bonds is 3. The summed E-state index contributed by atoms with van der Waals surface area (Å²) in [4.78, 5) is 20.2. The molecule has 4 nitrogen and oxygen atoms in total. The fraction of sp³-hybridized carbons (Fsp3) is 0.167. The number of aryl methyl sites for hydroxylation is 1. The largest absolute Gasteiger partial charge is 2.00 e. The van der Waals surface area contributed by atoms with Crippen LogP contribution >= 0.6 is 0 Å². The van der Waals surface area contributed by atoms with Crippen LogP contribution in [0.5, 0.6) is 0 Å². The summed E-state index contributed by atoms with van der Waals surface area (Å²) in [6.45, 7) is 6.54. The average molecular weight is 478 g/mol. The van der Waals surface area contributed by atoms with Gasteiger partial charge in [0.05, 0.1) is 11.9 Å². The van der Waals surface area contributed by atoms with Crippen LogP contribution in [0.3, 0.4) is 0 Å². The summed E-state index contributed by atoms with van der Waals surface area (Å²) in [6, 6.07) is 24.8. The number of carboxylic acid groups (broad SMARTS) is 2. The molecule has 0 spiro atoms. The summed E-state index contributed by atoms with van der Waals surface area (Å²) >= 11 is 0. The Hall–Kier alpha value is -2.78. The molecule has 3 aromatic carbocycles. The van der Waals surface area contributed by atoms with Crippen LogP contribution < -0.4 is 10.2 Å². The van der Waals surface area contributed by atoms with Gasteiger partial charge in [0.2, 0.25) is 0 Å². The molecule has 29 heavy (non-hydrogen) atoms. The summed E-state index contributed by atoms with van der Waals surface area (Å²) in [7, 11) is 0. The van der Waals surface area contributed by atoms with E-state index >= 15 is 0 Å². The summed E-state index contributed by atoms with van der Waals surface area (Å²) in [5.74, 6) is -1.60. The predicted octanol–water partition coefficient (Wildman–Crippen LogP) is 3.22. The first-order chi connectivity index (χ1) is 13.3. The number of hydrogen-bond acceptors (Lipinski definition) is 4. The van der Waals surface area contributed by atoms with Crippen molar-refractivity contribution < 1.29 is 39.3 Å². The van der Waals surface area contributed by atoms with Crippen LogP contribution in [0.1, 0.15) is 51.6 Å². The molecular formula is C24H24O4Ru. The number of carbonyl (C=O) groups is 2. The van der Waals surface area contributed by atoms with Gasteiger partial charge in [-0.3, -0.25) is 0 Å². The molecule has 152 valence electrons. The van der Waals surface area contributed by atoms with E-state index in [1.165, 1.54) is 35.4 Å². The minimum absolute atomic E-state index is 0. The SMILES string of the molecule is Cc1ccc(C(C)C)cc1.O=C([O-])c1ccccc1.O=C([O-])c1ccccc1.[Ru+2]. The number of hydrogen-bond donors (Lipinski definition) is 0. The Bertz CT molecular complexity index is 796. The van der Waals surface area contributed by atoms with Crippen LogP contribution in [-0.4, -0.2) is 11.9 Å². The van der Waals surface area contributed by atoms with Gasteiger partial charge < -0.3 is 19.8 Å². The van der Waals surface area contributed by atoms with Crippen molar-refractivity contribution in [3.05, 3.63) is 107 Å². The fourth-order valence-corrected chi connectivity index (χ4v) is 2.10. The Kier molecular flexibility index (Phi) is 12.9. The molecule has 0 aliphatic carbocycles. The van der Waals surface area contributed by atoms with Crippen LogP contribution in [-0.2, 0) is 19.5 Å². The fourth-order valence-electron chi connectivity index (χ4n) is 2.10. The Morgan fingerprint density at radius 1 is 0.655 bits per heavy atom. The number of carbonyl (C=O) groups excluding carboxylic acids is 2. The second-order valence-electron chi connectivity index (χ2n) is 6.37. The summed E-state index contributed by atoms with van der Waals surface area (Å²) in [6.07, 6.45) is 0. The van der Waals surface area contributed by atoms with Gasteiger partial charge in [0.15, 0.2) is 0 Å². The van der Waals surface area contributed by atoms with E-state index in [4.69, 9.17) is 0 Å². The molecule has 5 heteroatoms. The van der Waals surface area contributed by atoms with E-state index in [2.05, 4.69) is 45.0 Å². The average Bonchev–Trinajstić information content (AvgIpc) is 2.70. The molecule has 0 radical (unpaired) electrons. The molecular weight excluding hydrogens is 453 g/mol. The minimum Gasteiger partial charge on any atom is -0.545 e. The van der Waals surface area contributed by atoms with Gasteiger partial charge in [-0.2, -0.15) is 0 Å². The molecule has 0 unspecified atom stereocenters. The predicted molar refractivity (Wildman–Crippen MR) is 107 cm³/mol. The summed E-state index contributed by atoms with van der Waals surface area (Å²) in [5.41, 5.74) is 3.20. The quantitative estimate of drug-likeness (QED) is 0.543. The zero-order valence-electron chi connectivity index (χ0n) is 16.6. The molecule has 0 atom stereocenters. The Labute approximate surface area is 185 Å². The molecule has 3 aromatic rings. The zero-order valence-corrected chi connectivity index (χ0v) is 18.4. The van der Waals surface area contributed by atoms with Crippen LogP contribution in [0.4, 0.5) is 0 Å². The topological polar surface area (TPSA) is 80.3 Å². The molecule has 0 aliphatic heterocycles. The van der Waals surface area contributed by atoms with E-state index in [-0.39, 0.29) is 30.6 Å². The van der Waals surface area contributed by atoms with Crippen molar-refractivity contribution in [2.45, 2.75) is 26.7 Å². The Balaban J connectivity index is 0.000000399.